The molecule has 0 N–H and O–H groups in total. The quantitative estimate of drug-likeness (QED) is 0.505. The minimum Gasteiger partial charge on any atom is -0.0533 e. The molecule has 0 unspecified atom stereocenters. The maximum atomic E-state index is 1.56. The summed E-state index contributed by atoms with van der Waals surface area (Å²) in [6.45, 7) is 0. The summed E-state index contributed by atoms with van der Waals surface area (Å²) in [6.07, 6.45) is 19.9. The van der Waals surface area contributed by atoms with Crippen LogP contribution in [-0.4, -0.2) is 0 Å². The first-order chi connectivity index (χ1) is 6.91. The molecule has 1 spiro atoms. The fourth-order valence-electron chi connectivity index (χ4n) is 3.63. The first kappa shape index (κ1) is 10.5. The van der Waals surface area contributed by atoms with Gasteiger partial charge in [-0.3, -0.25) is 0 Å². The molecule has 0 atom stereocenters. The van der Waals surface area contributed by atoms with Gasteiger partial charge in [0.1, 0.15) is 0 Å². The Hall–Kier alpha value is 0. The molecule has 0 amide bonds. The van der Waals surface area contributed by atoms with E-state index in [-0.39, 0.29) is 0 Å². The van der Waals surface area contributed by atoms with Crippen LogP contribution in [0.25, 0.3) is 0 Å². The average Bonchev–Trinajstić information content (AvgIpc) is 2.66. The van der Waals surface area contributed by atoms with Crippen molar-refractivity contribution in [3.63, 3.8) is 0 Å². The van der Waals surface area contributed by atoms with Gasteiger partial charge >= 0.3 is 0 Å². The smallest absolute Gasteiger partial charge is 0.0297 e. The maximum absolute atomic E-state index is 1.56. The van der Waals surface area contributed by atoms with Crippen molar-refractivity contribution in [2.75, 3.05) is 0 Å². The monoisotopic (exact) mass is 194 g/mol. The average molecular weight is 194 g/mol. The second-order valence-corrected chi connectivity index (χ2v) is 5.68. The van der Waals surface area contributed by atoms with Crippen LogP contribution >= 0.6 is 0 Å². The molecule has 2 fully saturated rings. The molecule has 2 aliphatic carbocycles. The predicted molar refractivity (Wildman–Crippen MR) is 62.5 cm³/mol. The van der Waals surface area contributed by atoms with E-state index in [1.54, 1.807) is 25.7 Å². The van der Waals surface area contributed by atoms with Gasteiger partial charge in [-0.1, -0.05) is 57.8 Å². The molecule has 0 aliphatic heterocycles. The van der Waals surface area contributed by atoms with Crippen LogP contribution in [0.4, 0.5) is 0 Å². The van der Waals surface area contributed by atoms with Crippen LogP contribution in [0.1, 0.15) is 83.5 Å². The van der Waals surface area contributed by atoms with E-state index in [4.69, 9.17) is 0 Å². The van der Waals surface area contributed by atoms with Gasteiger partial charge in [0, 0.05) is 0 Å². The lowest BCUT2D eigenvalue weighted by Gasteiger charge is -2.30. The highest BCUT2D eigenvalue weighted by Crippen LogP contribution is 2.46. The summed E-state index contributed by atoms with van der Waals surface area (Å²) in [6, 6.07) is 0. The molecule has 0 aromatic heterocycles. The summed E-state index contributed by atoms with van der Waals surface area (Å²) in [4.78, 5) is 0. The Balaban J connectivity index is 1.86. The molecule has 0 aromatic rings. The van der Waals surface area contributed by atoms with Crippen LogP contribution in [-0.2, 0) is 0 Å². The zero-order chi connectivity index (χ0) is 9.69. The third-order valence-electron chi connectivity index (χ3n) is 4.58. The molecule has 2 saturated carbocycles. The van der Waals surface area contributed by atoms with Crippen molar-refractivity contribution in [1.29, 1.82) is 0 Å². The molecule has 0 heterocycles. The SMILES string of the molecule is C1CCCCC2(CCCC1)CCCC2. The molecule has 0 bridgehead atoms. The molecular formula is C14H26. The maximum Gasteiger partial charge on any atom is -0.0297 e. The molecule has 2 aliphatic rings. The molecule has 0 aromatic carbocycles. The van der Waals surface area contributed by atoms with E-state index in [2.05, 4.69) is 0 Å². The van der Waals surface area contributed by atoms with Crippen LogP contribution in [0.2, 0.25) is 0 Å². The lowest BCUT2D eigenvalue weighted by molar-refractivity contribution is 0.225. The van der Waals surface area contributed by atoms with Crippen molar-refractivity contribution in [2.45, 2.75) is 83.5 Å². The van der Waals surface area contributed by atoms with Crippen molar-refractivity contribution < 1.29 is 0 Å². The summed E-state index contributed by atoms with van der Waals surface area (Å²) < 4.78 is 0. The predicted octanol–water partition coefficient (Wildman–Crippen LogP) is 5.07. The Morgan fingerprint density at radius 2 is 0.643 bits per heavy atom. The van der Waals surface area contributed by atoms with Crippen LogP contribution in [0.5, 0.6) is 0 Å². The Bertz CT molecular complexity index is 141. The van der Waals surface area contributed by atoms with Gasteiger partial charge in [0.05, 0.1) is 0 Å². The Morgan fingerprint density at radius 3 is 1.07 bits per heavy atom. The second-order valence-electron chi connectivity index (χ2n) is 5.68. The third-order valence-corrected chi connectivity index (χ3v) is 4.58. The van der Waals surface area contributed by atoms with Gasteiger partial charge in [-0.25, -0.2) is 0 Å². The van der Waals surface area contributed by atoms with E-state index in [9.17, 15) is 0 Å². The van der Waals surface area contributed by atoms with E-state index < -0.39 is 0 Å². The first-order valence-electron chi connectivity index (χ1n) is 6.91. The standard InChI is InChI=1S/C14H26/c1-2-4-6-10-14(11-7-5-3-1)12-8-9-13-14/h1-13H2. The van der Waals surface area contributed by atoms with E-state index in [1.807, 2.05) is 0 Å². The Labute approximate surface area is 89.5 Å². The van der Waals surface area contributed by atoms with Gasteiger partial charge in [-0.15, -0.1) is 0 Å². The molecule has 0 radical (unpaired) electrons. The minimum absolute atomic E-state index is 0.831. The van der Waals surface area contributed by atoms with E-state index in [0.29, 0.717) is 0 Å². The molecule has 0 nitrogen and oxygen atoms in total. The molecule has 2 rings (SSSR count). The summed E-state index contributed by atoms with van der Waals surface area (Å²) in [5.74, 6) is 0. The zero-order valence-corrected chi connectivity index (χ0v) is 9.69. The number of hydrogen-bond acceptors (Lipinski definition) is 0. The Morgan fingerprint density at radius 1 is 0.357 bits per heavy atom. The normalized spacial score (nSPS) is 29.1. The van der Waals surface area contributed by atoms with Gasteiger partial charge in [-0.05, 0) is 31.1 Å². The molecule has 82 valence electrons. The molecule has 0 heteroatoms. The fraction of sp³-hybridized carbons (Fsp3) is 1.00. The second kappa shape index (κ2) is 5.19. The summed E-state index contributed by atoms with van der Waals surface area (Å²) in [5, 5.41) is 0. The van der Waals surface area contributed by atoms with Crippen LogP contribution in [0, 0.1) is 5.41 Å². The van der Waals surface area contributed by atoms with E-state index in [1.165, 1.54) is 57.8 Å². The highest BCUT2D eigenvalue weighted by Gasteiger charge is 2.32. The Kier molecular flexibility index (Phi) is 3.89. The van der Waals surface area contributed by atoms with Gasteiger partial charge in [-0.2, -0.15) is 0 Å². The minimum atomic E-state index is 0.831. The van der Waals surface area contributed by atoms with Gasteiger partial charge < -0.3 is 0 Å². The highest BCUT2D eigenvalue weighted by molar-refractivity contribution is 4.84. The largest absolute Gasteiger partial charge is 0.0533 e. The third kappa shape index (κ3) is 2.74. The molecular weight excluding hydrogens is 168 g/mol. The van der Waals surface area contributed by atoms with Gasteiger partial charge in [0.2, 0.25) is 0 Å². The summed E-state index contributed by atoms with van der Waals surface area (Å²) >= 11 is 0. The lowest BCUT2D eigenvalue weighted by atomic mass is 9.76. The van der Waals surface area contributed by atoms with E-state index in [0.717, 1.165) is 5.41 Å². The lowest BCUT2D eigenvalue weighted by Crippen LogP contribution is -2.16. The van der Waals surface area contributed by atoms with Crippen molar-refractivity contribution in [1.82, 2.24) is 0 Å². The molecule has 14 heavy (non-hydrogen) atoms. The summed E-state index contributed by atoms with van der Waals surface area (Å²) in [5.41, 5.74) is 0.831. The van der Waals surface area contributed by atoms with E-state index >= 15 is 0 Å². The van der Waals surface area contributed by atoms with Crippen molar-refractivity contribution in [3.05, 3.63) is 0 Å². The summed E-state index contributed by atoms with van der Waals surface area (Å²) in [7, 11) is 0. The van der Waals surface area contributed by atoms with Crippen molar-refractivity contribution >= 4 is 0 Å². The first-order valence-corrected chi connectivity index (χ1v) is 6.91. The van der Waals surface area contributed by atoms with Crippen molar-refractivity contribution in [2.24, 2.45) is 5.41 Å². The zero-order valence-electron chi connectivity index (χ0n) is 9.69. The number of rotatable bonds is 0. The van der Waals surface area contributed by atoms with Gasteiger partial charge in [0.25, 0.3) is 0 Å². The number of hydrogen-bond donors (Lipinski definition) is 0. The van der Waals surface area contributed by atoms with Gasteiger partial charge in [0.15, 0.2) is 0 Å². The van der Waals surface area contributed by atoms with Crippen LogP contribution in [0.15, 0.2) is 0 Å². The van der Waals surface area contributed by atoms with Crippen molar-refractivity contribution in [3.8, 4) is 0 Å². The fourth-order valence-corrected chi connectivity index (χ4v) is 3.63. The highest BCUT2D eigenvalue weighted by atomic mass is 14.4. The van der Waals surface area contributed by atoms with Crippen LogP contribution in [0.3, 0.4) is 0 Å². The van der Waals surface area contributed by atoms with Crippen LogP contribution < -0.4 is 0 Å². The topological polar surface area (TPSA) is 0 Å². The molecule has 0 saturated heterocycles.